The summed E-state index contributed by atoms with van der Waals surface area (Å²) in [7, 11) is -3.63. The maximum Gasteiger partial charge on any atom is 0.271 e. The normalized spacial score (nSPS) is 15.1. The van der Waals surface area contributed by atoms with Crippen molar-refractivity contribution in [2.24, 2.45) is 0 Å². The van der Waals surface area contributed by atoms with Gasteiger partial charge in [0, 0.05) is 12.1 Å². The van der Waals surface area contributed by atoms with Crippen LogP contribution in [0.3, 0.4) is 0 Å². The molecule has 0 saturated carbocycles. The highest BCUT2D eigenvalue weighted by Crippen LogP contribution is 2.13. The maximum absolute atomic E-state index is 11.4. The minimum atomic E-state index is -3.63. The zero-order chi connectivity index (χ0) is 12.9. The molecule has 0 bridgehead atoms. The van der Waals surface area contributed by atoms with Crippen molar-refractivity contribution in [3.8, 4) is 0 Å². The molecule has 0 saturated heterocycles. The highest BCUT2D eigenvalue weighted by molar-refractivity contribution is 7.86. The molecule has 98 valence electrons. The molecule has 6 heteroatoms. The summed E-state index contributed by atoms with van der Waals surface area (Å²) >= 11 is 0. The van der Waals surface area contributed by atoms with E-state index in [1.807, 2.05) is 32.6 Å². The molecule has 16 heavy (non-hydrogen) atoms. The molecule has 0 aromatic rings. The lowest BCUT2D eigenvalue weighted by atomic mass is 10.2. The van der Waals surface area contributed by atoms with E-state index >= 15 is 0 Å². The first-order valence-corrected chi connectivity index (χ1v) is 7.08. The molecule has 1 atom stereocenters. The van der Waals surface area contributed by atoms with Crippen molar-refractivity contribution in [1.29, 1.82) is 0 Å². The van der Waals surface area contributed by atoms with E-state index in [1.54, 1.807) is 6.92 Å². The van der Waals surface area contributed by atoms with E-state index in [4.69, 9.17) is 9.29 Å². The van der Waals surface area contributed by atoms with Crippen molar-refractivity contribution in [3.63, 3.8) is 0 Å². The second-order valence-corrected chi connectivity index (χ2v) is 6.03. The lowest BCUT2D eigenvalue weighted by Crippen LogP contribution is -2.46. The van der Waals surface area contributed by atoms with Crippen LogP contribution in [0.5, 0.6) is 0 Å². The molecule has 0 spiro atoms. The van der Waals surface area contributed by atoms with Gasteiger partial charge in [0.15, 0.2) is 0 Å². The van der Waals surface area contributed by atoms with Crippen molar-refractivity contribution in [2.45, 2.75) is 52.9 Å². The Bertz CT molecular complexity index is 279. The Morgan fingerprint density at radius 1 is 1.12 bits per heavy atom. The minimum absolute atomic E-state index is 0.194. The number of nitrogens with zero attached hydrogens (tertiary/aromatic N) is 1. The third-order valence-electron chi connectivity index (χ3n) is 2.24. The highest BCUT2D eigenvalue weighted by Gasteiger charge is 2.25. The Morgan fingerprint density at radius 2 is 1.56 bits per heavy atom. The lowest BCUT2D eigenvalue weighted by Gasteiger charge is -2.35. The van der Waals surface area contributed by atoms with Gasteiger partial charge in [0.1, 0.15) is 6.23 Å². The van der Waals surface area contributed by atoms with E-state index in [9.17, 15) is 8.42 Å². The first kappa shape index (κ1) is 15.8. The van der Waals surface area contributed by atoms with Gasteiger partial charge in [-0.15, -0.1) is 0 Å². The maximum atomic E-state index is 11.4. The number of hydrogen-bond donors (Lipinski definition) is 1. The van der Waals surface area contributed by atoms with E-state index in [2.05, 4.69) is 0 Å². The average Bonchev–Trinajstić information content (AvgIpc) is 1.99. The van der Waals surface area contributed by atoms with E-state index in [-0.39, 0.29) is 17.8 Å². The fraction of sp³-hybridized carbons (Fsp3) is 1.00. The van der Waals surface area contributed by atoms with Crippen LogP contribution < -0.4 is 0 Å². The Labute approximate surface area is 98.5 Å². The second kappa shape index (κ2) is 6.54. The van der Waals surface area contributed by atoms with Crippen LogP contribution in [0, 0.1) is 0 Å². The summed E-state index contributed by atoms with van der Waals surface area (Å²) in [6.07, 6.45) is -0.517. The predicted octanol–water partition coefficient (Wildman–Crippen LogP) is 0.790. The van der Waals surface area contributed by atoms with Crippen LogP contribution >= 0.6 is 0 Å². The zero-order valence-corrected chi connectivity index (χ0v) is 11.5. The van der Waals surface area contributed by atoms with Gasteiger partial charge in [-0.2, -0.15) is 8.42 Å². The van der Waals surface area contributed by atoms with Crippen molar-refractivity contribution < 1.29 is 17.7 Å². The van der Waals surface area contributed by atoms with Crippen LogP contribution in [0.15, 0.2) is 0 Å². The van der Waals surface area contributed by atoms with Gasteiger partial charge >= 0.3 is 0 Å². The van der Waals surface area contributed by atoms with Gasteiger partial charge in [-0.3, -0.25) is 9.08 Å². The third-order valence-corrected chi connectivity index (χ3v) is 3.49. The molecule has 0 aliphatic rings. The van der Waals surface area contributed by atoms with Gasteiger partial charge in [-0.1, -0.05) is 0 Å². The molecular formula is C10H23NO4S. The van der Waals surface area contributed by atoms with E-state index in [0.717, 1.165) is 0 Å². The van der Waals surface area contributed by atoms with Gasteiger partial charge in [0.2, 0.25) is 0 Å². The molecule has 0 fully saturated rings. The highest BCUT2D eigenvalue weighted by atomic mass is 32.2. The first-order valence-electron chi connectivity index (χ1n) is 5.50. The summed E-state index contributed by atoms with van der Waals surface area (Å²) < 4.78 is 27.8. The average molecular weight is 253 g/mol. The zero-order valence-electron chi connectivity index (χ0n) is 10.7. The van der Waals surface area contributed by atoms with Gasteiger partial charge in [0.05, 0.1) is 12.4 Å². The summed E-state index contributed by atoms with van der Waals surface area (Å²) in [4.78, 5) is 1.95. The van der Waals surface area contributed by atoms with Gasteiger partial charge in [-0.25, -0.2) is 0 Å². The van der Waals surface area contributed by atoms with Crippen LogP contribution in [0.1, 0.15) is 34.6 Å². The summed E-state index contributed by atoms with van der Waals surface area (Å²) in [5.41, 5.74) is 0. The smallest absolute Gasteiger partial charge is 0.271 e. The Morgan fingerprint density at radius 3 is 1.88 bits per heavy atom. The van der Waals surface area contributed by atoms with Crippen molar-refractivity contribution in [2.75, 3.05) is 12.4 Å². The summed E-state index contributed by atoms with van der Waals surface area (Å²) in [6, 6.07) is 0.388. The topological polar surface area (TPSA) is 66.8 Å². The fourth-order valence-corrected chi connectivity index (χ4v) is 2.70. The van der Waals surface area contributed by atoms with Crippen molar-refractivity contribution in [1.82, 2.24) is 4.90 Å². The van der Waals surface area contributed by atoms with Crippen LogP contribution in [-0.2, 0) is 14.3 Å². The summed E-state index contributed by atoms with van der Waals surface area (Å²) in [6.45, 7) is 9.22. The number of aliphatic hydroxyl groups is 1. The molecule has 0 aliphatic heterocycles. The summed E-state index contributed by atoms with van der Waals surface area (Å²) in [5.74, 6) is -0.360. The van der Waals surface area contributed by atoms with E-state index in [1.165, 1.54) is 0 Å². The molecule has 0 aliphatic carbocycles. The van der Waals surface area contributed by atoms with E-state index < -0.39 is 23.0 Å². The molecule has 0 heterocycles. The second-order valence-electron chi connectivity index (χ2n) is 4.32. The Kier molecular flexibility index (Phi) is 6.47. The minimum Gasteiger partial charge on any atom is -0.395 e. The standard InChI is InChI=1S/C10H23NO4S/c1-8(2)11(9(3)4)10(5)15-16(13,14)7-6-12/h8-10,12H,6-7H2,1-5H3. The SMILES string of the molecule is CC(C)N(C(C)C)C(C)OS(=O)(=O)CCO. The van der Waals surface area contributed by atoms with Gasteiger partial charge < -0.3 is 5.11 Å². The monoisotopic (exact) mass is 253 g/mol. The van der Waals surface area contributed by atoms with E-state index in [0.29, 0.717) is 0 Å². The fourth-order valence-electron chi connectivity index (χ4n) is 1.86. The van der Waals surface area contributed by atoms with Gasteiger partial charge in [0.25, 0.3) is 10.1 Å². The van der Waals surface area contributed by atoms with Crippen LogP contribution in [-0.4, -0.2) is 49.1 Å². The predicted molar refractivity (Wildman–Crippen MR) is 63.5 cm³/mol. The molecule has 5 nitrogen and oxygen atoms in total. The third kappa shape index (κ3) is 5.25. The molecule has 0 aromatic heterocycles. The number of aliphatic hydroxyl groups excluding tert-OH is 1. The molecule has 0 aromatic carbocycles. The van der Waals surface area contributed by atoms with Crippen molar-refractivity contribution >= 4 is 10.1 Å². The molecule has 0 amide bonds. The molecular weight excluding hydrogens is 230 g/mol. The Balaban J connectivity index is 4.59. The molecule has 0 radical (unpaired) electrons. The molecule has 1 N–H and O–H groups in total. The summed E-state index contributed by atoms with van der Waals surface area (Å²) in [5, 5.41) is 8.60. The first-order chi connectivity index (χ1) is 7.21. The van der Waals surface area contributed by atoms with Crippen molar-refractivity contribution in [3.05, 3.63) is 0 Å². The van der Waals surface area contributed by atoms with Crippen LogP contribution in [0.25, 0.3) is 0 Å². The van der Waals surface area contributed by atoms with Crippen LogP contribution in [0.4, 0.5) is 0 Å². The largest absolute Gasteiger partial charge is 0.395 e. The number of hydrogen-bond acceptors (Lipinski definition) is 5. The van der Waals surface area contributed by atoms with Gasteiger partial charge in [-0.05, 0) is 34.6 Å². The number of rotatable bonds is 7. The molecule has 1 unspecified atom stereocenters. The molecule has 0 rings (SSSR count). The Hall–Kier alpha value is -0.170. The quantitative estimate of drug-likeness (QED) is 0.537. The lowest BCUT2D eigenvalue weighted by molar-refractivity contribution is -0.00141. The van der Waals surface area contributed by atoms with Crippen LogP contribution in [0.2, 0.25) is 0 Å².